The molecule has 0 aliphatic carbocycles. The summed E-state index contributed by atoms with van der Waals surface area (Å²) in [7, 11) is 0. The van der Waals surface area contributed by atoms with Gasteiger partial charge in [-0.25, -0.2) is 0 Å². The minimum Gasteiger partial charge on any atom is -0.356 e. The van der Waals surface area contributed by atoms with Crippen molar-refractivity contribution in [3.05, 3.63) is 34.9 Å². The molecule has 0 bridgehead atoms. The molecule has 1 unspecified atom stereocenters. The third-order valence-corrected chi connectivity index (χ3v) is 3.32. The van der Waals surface area contributed by atoms with E-state index in [1.807, 2.05) is 38.1 Å². The molecule has 0 heterocycles. The standard InChI is InChI=1S/C15H23ClN2O/c1-11(2)14(12-6-5-7-13(16)10-12)15(19)18-9-4-3-8-17/h5-7,10-11,14H,3-4,8-9,17H2,1-2H3,(H,18,19). The maximum Gasteiger partial charge on any atom is 0.227 e. The van der Waals surface area contributed by atoms with Gasteiger partial charge in [-0.05, 0) is 43.0 Å². The molecular weight excluding hydrogens is 260 g/mol. The molecule has 0 fully saturated rings. The highest BCUT2D eigenvalue weighted by Gasteiger charge is 2.23. The van der Waals surface area contributed by atoms with Crippen LogP contribution in [-0.2, 0) is 4.79 Å². The van der Waals surface area contributed by atoms with Crippen LogP contribution in [0.5, 0.6) is 0 Å². The Hall–Kier alpha value is -1.06. The van der Waals surface area contributed by atoms with Crippen molar-refractivity contribution in [2.45, 2.75) is 32.6 Å². The van der Waals surface area contributed by atoms with Crippen molar-refractivity contribution < 1.29 is 4.79 Å². The van der Waals surface area contributed by atoms with Crippen molar-refractivity contribution in [1.82, 2.24) is 5.32 Å². The predicted octanol–water partition coefficient (Wildman–Crippen LogP) is 2.93. The molecule has 4 heteroatoms. The summed E-state index contributed by atoms with van der Waals surface area (Å²) in [6.07, 6.45) is 1.85. The third-order valence-electron chi connectivity index (χ3n) is 3.09. The van der Waals surface area contributed by atoms with Gasteiger partial charge in [0.05, 0.1) is 5.92 Å². The van der Waals surface area contributed by atoms with Crippen molar-refractivity contribution in [3.8, 4) is 0 Å². The van der Waals surface area contributed by atoms with Crippen LogP contribution in [0.3, 0.4) is 0 Å². The van der Waals surface area contributed by atoms with E-state index in [9.17, 15) is 4.79 Å². The molecule has 1 aromatic rings. The van der Waals surface area contributed by atoms with Crippen molar-refractivity contribution >= 4 is 17.5 Å². The quantitative estimate of drug-likeness (QED) is 0.756. The van der Waals surface area contributed by atoms with Crippen molar-refractivity contribution in [3.63, 3.8) is 0 Å². The van der Waals surface area contributed by atoms with Crippen molar-refractivity contribution in [2.24, 2.45) is 11.7 Å². The summed E-state index contributed by atoms with van der Waals surface area (Å²) in [5.41, 5.74) is 6.40. The van der Waals surface area contributed by atoms with Crippen LogP contribution in [-0.4, -0.2) is 19.0 Å². The molecule has 106 valence electrons. The number of halogens is 1. The maximum absolute atomic E-state index is 12.3. The molecule has 0 radical (unpaired) electrons. The van der Waals surface area contributed by atoms with Crippen LogP contribution < -0.4 is 11.1 Å². The topological polar surface area (TPSA) is 55.1 Å². The fourth-order valence-corrected chi connectivity index (χ4v) is 2.33. The zero-order valence-corrected chi connectivity index (χ0v) is 12.4. The minimum absolute atomic E-state index is 0.0642. The Labute approximate surface area is 120 Å². The van der Waals surface area contributed by atoms with E-state index >= 15 is 0 Å². The molecule has 19 heavy (non-hydrogen) atoms. The minimum atomic E-state index is -0.156. The molecule has 1 amide bonds. The molecular formula is C15H23ClN2O. The van der Waals surface area contributed by atoms with E-state index < -0.39 is 0 Å². The summed E-state index contributed by atoms with van der Waals surface area (Å²) in [4.78, 5) is 12.3. The first-order chi connectivity index (χ1) is 9.06. The maximum atomic E-state index is 12.3. The number of hydrogen-bond donors (Lipinski definition) is 2. The Balaban J connectivity index is 2.69. The normalized spacial score (nSPS) is 12.5. The second-order valence-corrected chi connectivity index (χ2v) is 5.50. The number of rotatable bonds is 7. The van der Waals surface area contributed by atoms with Crippen molar-refractivity contribution in [2.75, 3.05) is 13.1 Å². The summed E-state index contributed by atoms with van der Waals surface area (Å²) in [5.74, 6) is 0.138. The highest BCUT2D eigenvalue weighted by Crippen LogP contribution is 2.26. The highest BCUT2D eigenvalue weighted by molar-refractivity contribution is 6.30. The number of carbonyl (C=O) groups excluding carboxylic acids is 1. The van der Waals surface area contributed by atoms with E-state index in [1.54, 1.807) is 0 Å². The molecule has 1 atom stereocenters. The average molecular weight is 283 g/mol. The third kappa shape index (κ3) is 5.21. The van der Waals surface area contributed by atoms with Gasteiger partial charge in [-0.3, -0.25) is 4.79 Å². The van der Waals surface area contributed by atoms with Gasteiger partial charge in [-0.2, -0.15) is 0 Å². The van der Waals surface area contributed by atoms with E-state index in [0.717, 1.165) is 18.4 Å². The molecule has 0 aliphatic rings. The number of benzene rings is 1. The summed E-state index contributed by atoms with van der Waals surface area (Å²) in [6.45, 7) is 5.44. The first-order valence-electron chi connectivity index (χ1n) is 6.79. The van der Waals surface area contributed by atoms with Crippen LogP contribution in [0.2, 0.25) is 5.02 Å². The largest absolute Gasteiger partial charge is 0.356 e. The van der Waals surface area contributed by atoms with Gasteiger partial charge < -0.3 is 11.1 Å². The second-order valence-electron chi connectivity index (χ2n) is 5.06. The van der Waals surface area contributed by atoms with E-state index in [-0.39, 0.29) is 17.7 Å². The molecule has 0 spiro atoms. The fourth-order valence-electron chi connectivity index (χ4n) is 2.13. The number of hydrogen-bond acceptors (Lipinski definition) is 2. The molecule has 3 N–H and O–H groups in total. The number of carbonyl (C=O) groups is 1. The molecule has 1 rings (SSSR count). The van der Waals surface area contributed by atoms with Crippen LogP contribution in [0.1, 0.15) is 38.2 Å². The Morgan fingerprint density at radius 2 is 2.11 bits per heavy atom. The van der Waals surface area contributed by atoms with Gasteiger partial charge in [0.25, 0.3) is 0 Å². The van der Waals surface area contributed by atoms with Gasteiger partial charge in [-0.15, -0.1) is 0 Å². The molecule has 0 aliphatic heterocycles. The van der Waals surface area contributed by atoms with Gasteiger partial charge in [0.1, 0.15) is 0 Å². The second kappa shape index (κ2) is 8.18. The number of nitrogens with one attached hydrogen (secondary N) is 1. The summed E-state index contributed by atoms with van der Waals surface area (Å²) >= 11 is 6.00. The van der Waals surface area contributed by atoms with Crippen LogP contribution in [0.15, 0.2) is 24.3 Å². The summed E-state index contributed by atoms with van der Waals surface area (Å²) < 4.78 is 0. The molecule has 3 nitrogen and oxygen atoms in total. The van der Waals surface area contributed by atoms with Crippen molar-refractivity contribution in [1.29, 1.82) is 0 Å². The smallest absolute Gasteiger partial charge is 0.227 e. The first-order valence-corrected chi connectivity index (χ1v) is 7.17. The van der Waals surface area contributed by atoms with E-state index in [1.165, 1.54) is 0 Å². The van der Waals surface area contributed by atoms with E-state index in [2.05, 4.69) is 5.32 Å². The van der Waals surface area contributed by atoms with Gasteiger partial charge in [0, 0.05) is 11.6 Å². The molecule has 0 saturated carbocycles. The van der Waals surface area contributed by atoms with Crippen LogP contribution in [0.4, 0.5) is 0 Å². The number of amides is 1. The average Bonchev–Trinajstić information content (AvgIpc) is 2.34. The van der Waals surface area contributed by atoms with E-state index in [0.29, 0.717) is 18.1 Å². The lowest BCUT2D eigenvalue weighted by atomic mass is 9.87. The SMILES string of the molecule is CC(C)C(C(=O)NCCCCN)c1cccc(Cl)c1. The predicted molar refractivity (Wildman–Crippen MR) is 80.3 cm³/mol. The van der Waals surface area contributed by atoms with Crippen LogP contribution in [0.25, 0.3) is 0 Å². The Morgan fingerprint density at radius 1 is 1.37 bits per heavy atom. The number of unbranched alkanes of at least 4 members (excludes halogenated alkanes) is 1. The Bertz CT molecular complexity index is 407. The number of nitrogens with two attached hydrogens (primary N) is 1. The molecule has 1 aromatic carbocycles. The molecule has 0 saturated heterocycles. The molecule has 0 aromatic heterocycles. The summed E-state index contributed by atoms with van der Waals surface area (Å²) in [5, 5.41) is 3.65. The Morgan fingerprint density at radius 3 is 2.68 bits per heavy atom. The van der Waals surface area contributed by atoms with Gasteiger partial charge in [-0.1, -0.05) is 37.6 Å². The van der Waals surface area contributed by atoms with Crippen LogP contribution >= 0.6 is 11.6 Å². The first kappa shape index (κ1) is 16.0. The van der Waals surface area contributed by atoms with Gasteiger partial charge >= 0.3 is 0 Å². The van der Waals surface area contributed by atoms with Gasteiger partial charge in [0.15, 0.2) is 0 Å². The Kier molecular flexibility index (Phi) is 6.89. The highest BCUT2D eigenvalue weighted by atomic mass is 35.5. The fraction of sp³-hybridized carbons (Fsp3) is 0.533. The van der Waals surface area contributed by atoms with Gasteiger partial charge in [0.2, 0.25) is 5.91 Å². The van der Waals surface area contributed by atoms with E-state index in [4.69, 9.17) is 17.3 Å². The zero-order valence-electron chi connectivity index (χ0n) is 11.7. The van der Waals surface area contributed by atoms with Crippen LogP contribution in [0, 0.1) is 5.92 Å². The monoisotopic (exact) mass is 282 g/mol. The zero-order chi connectivity index (χ0) is 14.3. The lowest BCUT2D eigenvalue weighted by Gasteiger charge is -2.21. The lowest BCUT2D eigenvalue weighted by Crippen LogP contribution is -2.32. The summed E-state index contributed by atoms with van der Waals surface area (Å²) in [6, 6.07) is 7.53. The lowest BCUT2D eigenvalue weighted by molar-refractivity contribution is -0.123.